The standard InChI is InChI=1S/C49H57ClN8O6S2.C45H49ClN6O6S2/c1-49(2)13-10-36(43(29-49)34-4-6-37(50)7-5-34)31-56-20-22-57(23-21-56)38-8-9-41(45(26-38)64-39-25-35-11-14-51-47(35)52-30-39)48(59)53-66(62,63)40-27-44(58(60)61)42-24-33(32-65-46(42)28-40)12-15-55-18-16-54(3)17-19-55;1-4-5-29-20-38-40(52(54)55)23-36(24-42(38)59-28-29)60(56,57)49-44(53)37-11-10-34(22-41(37)58-35-21-31-13-15-47-43(31)48-26-35)51-18-16-50(17-19-51)27-32-12-14-45(2,3)25-39(32)30-6-8-33(46)9-7-30/h4-9,11,14,25-28,30,33H,10,12-13,15-24,29,31-32H2,1-3H3,(H,51,52)(H,53,59);6-11,13,15,21-24,26,29H,4-5,12,14,16-20,25,27-28H2,1-3H3,(H,47,48)(H,49,53)/t33-;29-/m01/s1. The first-order valence-electron chi connectivity index (χ1n) is 43.2. The van der Waals surface area contributed by atoms with E-state index in [1.165, 1.54) is 75.3 Å². The number of anilines is 2. The third-order valence-electron chi connectivity index (χ3n) is 25.6. The number of pyridine rings is 2. The van der Waals surface area contributed by atoms with Crippen molar-refractivity contribution < 1.29 is 45.7 Å². The fourth-order valence-corrected chi connectivity index (χ4v) is 23.2. The molecule has 3 fully saturated rings. The smallest absolute Gasteiger partial charge is 0.275 e. The Morgan fingerprint density at radius 1 is 0.540 bits per heavy atom. The van der Waals surface area contributed by atoms with E-state index in [1.54, 1.807) is 61.1 Å². The van der Waals surface area contributed by atoms with Crippen molar-refractivity contribution in [1.29, 1.82) is 0 Å². The first-order chi connectivity index (χ1) is 60.4. The molecule has 2 aliphatic carbocycles. The van der Waals surface area contributed by atoms with E-state index < -0.39 is 41.7 Å². The first kappa shape index (κ1) is 89.5. The van der Waals surface area contributed by atoms with E-state index in [1.807, 2.05) is 42.5 Å². The summed E-state index contributed by atoms with van der Waals surface area (Å²) in [5.41, 5.74) is 12.3. The summed E-state index contributed by atoms with van der Waals surface area (Å²) in [6.45, 7) is 24.4. The van der Waals surface area contributed by atoms with Gasteiger partial charge in [0.2, 0.25) is 0 Å². The number of rotatable bonds is 25. The van der Waals surface area contributed by atoms with Gasteiger partial charge in [0.25, 0.3) is 43.2 Å². The maximum Gasteiger partial charge on any atom is 0.275 e. The predicted octanol–water partition coefficient (Wildman–Crippen LogP) is 18.6. The van der Waals surface area contributed by atoms with E-state index in [2.05, 4.69) is 125 Å². The highest BCUT2D eigenvalue weighted by Crippen LogP contribution is 2.48. The molecule has 0 bridgehead atoms. The number of thioether (sulfide) groups is 2. The number of aromatic amines is 2. The lowest BCUT2D eigenvalue weighted by Gasteiger charge is -2.39. The zero-order valence-corrected chi connectivity index (χ0v) is 76.5. The van der Waals surface area contributed by atoms with Gasteiger partial charge in [-0.1, -0.05) is 99.7 Å². The van der Waals surface area contributed by atoms with Gasteiger partial charge in [0, 0.05) is 193 Å². The molecule has 3 saturated heterocycles. The van der Waals surface area contributed by atoms with Crippen molar-refractivity contribution in [1.82, 2.24) is 49.0 Å². The highest BCUT2D eigenvalue weighted by Gasteiger charge is 2.38. The van der Waals surface area contributed by atoms with Crippen LogP contribution in [-0.4, -0.2) is 195 Å². The van der Waals surface area contributed by atoms with Crippen molar-refractivity contribution >= 4 is 135 Å². The SMILES string of the molecule is CCC[C@H]1CSc2cc(S(=O)(=O)NC(=O)c3ccc(N4CCN(CC5=C(c6ccc(Cl)cc6)CC(C)(C)CC5)CC4)cc3Oc3cnc4[nH]ccc4c3)cc([N+](=O)[O-])c2C1.CN1CCN(CC[C@@H]2CSc3cc(S(=O)(=O)NC(=O)c4ccc(N5CCN(CC6=C(c7ccc(Cl)cc7)CC(C)(C)CC6)CC5)cc4Oc4cnc5[nH]ccc5c4)cc([N+](=O)[O-])c3C2)CC1. The normalized spacial score (nSPS) is 19.1. The van der Waals surface area contributed by atoms with Gasteiger partial charge in [-0.05, 0) is 208 Å². The number of carbonyl (C=O) groups is 2. The number of carbonyl (C=O) groups excluding carboxylic acids is 2. The Balaban J connectivity index is 0.000000186. The second kappa shape index (κ2) is 38.2. The Kier molecular flexibility index (Phi) is 27.1. The molecule has 5 aliphatic heterocycles. The van der Waals surface area contributed by atoms with E-state index in [0.29, 0.717) is 56.6 Å². The molecule has 126 heavy (non-hydrogen) atoms. The Bertz CT molecular complexity index is 6080. The van der Waals surface area contributed by atoms with Crippen LogP contribution in [0.15, 0.2) is 189 Å². The topological polar surface area (TPSA) is 308 Å². The van der Waals surface area contributed by atoms with Crippen LogP contribution in [0.4, 0.5) is 22.7 Å². The molecule has 7 aliphatic rings. The van der Waals surface area contributed by atoms with Gasteiger partial charge in [-0.3, -0.25) is 39.6 Å². The summed E-state index contributed by atoms with van der Waals surface area (Å²) >= 11 is 15.4. The molecule has 0 unspecified atom stereocenters. The Labute approximate surface area is 754 Å². The number of nitrogens with one attached hydrogen (secondary N) is 4. The molecule has 0 radical (unpaired) electrons. The van der Waals surface area contributed by atoms with Crippen LogP contribution in [0.25, 0.3) is 33.2 Å². The second-order valence-electron chi connectivity index (χ2n) is 35.8. The number of H-pyrrole nitrogens is 2. The molecule has 9 heterocycles. The number of aromatic nitrogens is 4. The van der Waals surface area contributed by atoms with Gasteiger partial charge >= 0.3 is 0 Å². The van der Waals surface area contributed by atoms with Crippen molar-refractivity contribution in [2.45, 2.75) is 125 Å². The Morgan fingerprint density at radius 2 is 0.952 bits per heavy atom. The summed E-state index contributed by atoms with van der Waals surface area (Å²) in [5.74, 6) is 1.14. The van der Waals surface area contributed by atoms with Gasteiger partial charge < -0.3 is 39.0 Å². The van der Waals surface area contributed by atoms with Crippen molar-refractivity contribution in [3.8, 4) is 23.0 Å². The predicted molar refractivity (Wildman–Crippen MR) is 499 cm³/mol. The number of benzene rings is 6. The van der Waals surface area contributed by atoms with E-state index in [4.69, 9.17) is 32.7 Å². The molecule has 4 N–H and O–H groups in total. The van der Waals surface area contributed by atoms with Crippen molar-refractivity contribution in [2.75, 3.05) is 127 Å². The van der Waals surface area contributed by atoms with Crippen LogP contribution in [0.1, 0.15) is 135 Å². The number of likely N-dealkylation sites (N-methyl/N-ethyl adjacent to an activating group) is 1. The number of hydrogen-bond acceptors (Lipinski definition) is 22. The molecule has 2 atom stereocenters. The Hall–Kier alpha value is -9.86. The lowest BCUT2D eigenvalue weighted by atomic mass is 9.72. The molecular formula is C94H106Cl2N14O12S4. The average Bonchev–Trinajstić information content (AvgIpc) is 0.827. The maximum atomic E-state index is 14.1. The fraction of sp³-hybridized carbons (Fsp3) is 0.404. The largest absolute Gasteiger partial charge is 0.455 e. The van der Waals surface area contributed by atoms with Crippen LogP contribution in [0.2, 0.25) is 10.0 Å². The summed E-state index contributed by atoms with van der Waals surface area (Å²) in [6, 6.07) is 39.0. The summed E-state index contributed by atoms with van der Waals surface area (Å²) in [4.78, 5) is 81.3. The van der Waals surface area contributed by atoms with Gasteiger partial charge in [0.05, 0.1) is 43.2 Å². The fourth-order valence-electron chi connectivity index (χ4n) is 18.3. The number of ether oxygens (including phenoxy) is 2. The average molecular weight is 1820 g/mol. The maximum absolute atomic E-state index is 14.1. The van der Waals surface area contributed by atoms with E-state index in [-0.39, 0.29) is 66.5 Å². The lowest BCUT2D eigenvalue weighted by Crippen LogP contribution is -2.47. The van der Waals surface area contributed by atoms with Crippen molar-refractivity contribution in [2.24, 2.45) is 22.7 Å². The first-order valence-corrected chi connectivity index (χ1v) is 48.9. The molecule has 0 spiro atoms. The summed E-state index contributed by atoms with van der Waals surface area (Å²) in [7, 11) is -6.96. The number of nitro benzene ring substituents is 2. The van der Waals surface area contributed by atoms with Crippen LogP contribution < -0.4 is 28.7 Å². The van der Waals surface area contributed by atoms with Crippen LogP contribution in [-0.2, 0) is 32.9 Å². The third-order valence-corrected chi connectivity index (χ3v) is 31.3. The molecule has 662 valence electrons. The molecule has 6 aromatic carbocycles. The summed E-state index contributed by atoms with van der Waals surface area (Å²) < 4.78 is 72.8. The zero-order valence-electron chi connectivity index (χ0n) is 71.7. The van der Waals surface area contributed by atoms with Gasteiger partial charge in [-0.2, -0.15) is 0 Å². The molecule has 2 amide bonds. The van der Waals surface area contributed by atoms with Gasteiger partial charge in [0.1, 0.15) is 34.3 Å². The number of amides is 2. The quantitative estimate of drug-likeness (QED) is 0.0305. The molecular weight excluding hydrogens is 1720 g/mol. The number of piperazine rings is 3. The zero-order chi connectivity index (χ0) is 88.3. The minimum Gasteiger partial charge on any atom is -0.455 e. The van der Waals surface area contributed by atoms with Crippen LogP contribution in [0.5, 0.6) is 23.0 Å². The molecule has 32 heteroatoms. The van der Waals surface area contributed by atoms with Crippen molar-refractivity contribution in [3.05, 3.63) is 233 Å². The van der Waals surface area contributed by atoms with Crippen LogP contribution >= 0.6 is 46.7 Å². The number of nitro groups is 2. The highest BCUT2D eigenvalue weighted by atomic mass is 35.5. The van der Waals surface area contributed by atoms with E-state index in [9.17, 15) is 46.7 Å². The second-order valence-corrected chi connectivity index (χ2v) is 42.2. The molecule has 0 saturated carbocycles. The molecule has 4 aromatic heterocycles. The van der Waals surface area contributed by atoms with Gasteiger partial charge in [-0.15, -0.1) is 23.5 Å². The number of fused-ring (bicyclic) bond motifs is 4. The monoisotopic (exact) mass is 1820 g/mol. The minimum absolute atomic E-state index is 0.0120. The number of allylic oxidation sites excluding steroid dienone is 2. The summed E-state index contributed by atoms with van der Waals surface area (Å²) in [6.07, 6.45) is 16.8. The number of sulfonamides is 2. The highest BCUT2D eigenvalue weighted by molar-refractivity contribution is 7.99. The van der Waals surface area contributed by atoms with Crippen molar-refractivity contribution in [3.63, 3.8) is 0 Å². The molecule has 17 rings (SSSR count). The number of hydrogen-bond donors (Lipinski definition) is 4. The summed E-state index contributed by atoms with van der Waals surface area (Å²) in [5, 5.41) is 27.7. The lowest BCUT2D eigenvalue weighted by molar-refractivity contribution is -0.386. The van der Waals surface area contributed by atoms with Gasteiger partial charge in [-0.25, -0.2) is 36.2 Å². The third kappa shape index (κ3) is 21.3. The van der Waals surface area contributed by atoms with Gasteiger partial charge in [0.15, 0.2) is 0 Å². The van der Waals surface area contributed by atoms with E-state index >= 15 is 0 Å². The van der Waals surface area contributed by atoms with Crippen LogP contribution in [0.3, 0.4) is 0 Å². The molecule has 10 aromatic rings. The van der Waals surface area contributed by atoms with E-state index in [0.717, 1.165) is 212 Å². The number of halogens is 2. The molecule has 26 nitrogen and oxygen atoms in total. The Morgan fingerprint density at radius 3 is 1.37 bits per heavy atom. The minimum atomic E-state index is -4.56. The number of nitrogens with zero attached hydrogens (tertiary/aromatic N) is 10. The van der Waals surface area contributed by atoms with Crippen LogP contribution in [0, 0.1) is 42.9 Å².